The summed E-state index contributed by atoms with van der Waals surface area (Å²) in [6.07, 6.45) is 2.17. The Hall–Kier alpha value is -1.06. The third-order valence-corrected chi connectivity index (χ3v) is 3.01. The summed E-state index contributed by atoms with van der Waals surface area (Å²) in [4.78, 5) is 7.85. The van der Waals surface area contributed by atoms with E-state index in [0.717, 1.165) is 34.7 Å². The molecule has 1 unspecified atom stereocenters. The van der Waals surface area contributed by atoms with Crippen LogP contribution in [0, 0.1) is 0 Å². The quantitative estimate of drug-likeness (QED) is 0.859. The lowest BCUT2D eigenvalue weighted by atomic mass is 10.0. The van der Waals surface area contributed by atoms with Crippen LogP contribution in [0.5, 0.6) is 0 Å². The van der Waals surface area contributed by atoms with Gasteiger partial charge in [0, 0.05) is 17.5 Å². The molecule has 0 amide bonds. The molecule has 1 aromatic carbocycles. The fraction of sp³-hybridized carbons (Fsp3) is 0.417. The minimum Gasteiger partial charge on any atom is -0.342 e. The van der Waals surface area contributed by atoms with Crippen LogP contribution in [-0.2, 0) is 0 Å². The average molecular weight is 238 g/mol. The molecular weight excluding hydrogens is 222 g/mol. The third-order valence-electron chi connectivity index (χ3n) is 2.77. The Morgan fingerprint density at radius 2 is 2.31 bits per heavy atom. The Morgan fingerprint density at radius 1 is 1.50 bits per heavy atom. The van der Waals surface area contributed by atoms with Gasteiger partial charge in [0.2, 0.25) is 0 Å². The van der Waals surface area contributed by atoms with Gasteiger partial charge in [0.1, 0.15) is 5.82 Å². The Kier molecular flexibility index (Phi) is 3.46. The van der Waals surface area contributed by atoms with E-state index >= 15 is 0 Å². The summed E-state index contributed by atoms with van der Waals surface area (Å²) in [6.45, 7) is 2.78. The molecule has 0 bridgehead atoms. The van der Waals surface area contributed by atoms with Crippen LogP contribution in [-0.4, -0.2) is 16.5 Å². The first-order valence-electron chi connectivity index (χ1n) is 5.59. The average Bonchev–Trinajstić information content (AvgIpc) is 2.68. The maximum Gasteiger partial charge on any atom is 0.111 e. The highest BCUT2D eigenvalue weighted by Crippen LogP contribution is 2.22. The Balaban J connectivity index is 2.37. The maximum atomic E-state index is 5.93. The lowest BCUT2D eigenvalue weighted by molar-refractivity contribution is 0.596. The molecule has 86 valence electrons. The zero-order valence-electron chi connectivity index (χ0n) is 9.33. The van der Waals surface area contributed by atoms with Crippen molar-refractivity contribution in [2.24, 2.45) is 5.73 Å². The Morgan fingerprint density at radius 3 is 3.00 bits per heavy atom. The summed E-state index contributed by atoms with van der Waals surface area (Å²) in [6, 6.07) is 5.68. The number of hydrogen-bond donors (Lipinski definition) is 2. The second kappa shape index (κ2) is 4.85. The van der Waals surface area contributed by atoms with E-state index in [1.54, 1.807) is 0 Å². The fourth-order valence-corrected chi connectivity index (χ4v) is 2.08. The maximum absolute atomic E-state index is 5.93. The van der Waals surface area contributed by atoms with Gasteiger partial charge in [-0.25, -0.2) is 4.98 Å². The molecule has 0 aliphatic carbocycles. The number of nitrogens with zero attached hydrogens (tertiary/aromatic N) is 1. The second-order valence-electron chi connectivity index (χ2n) is 4.00. The molecule has 0 saturated carbocycles. The predicted molar refractivity (Wildman–Crippen MR) is 67.8 cm³/mol. The van der Waals surface area contributed by atoms with Crippen LogP contribution < -0.4 is 5.73 Å². The van der Waals surface area contributed by atoms with Crippen molar-refractivity contribution >= 4 is 22.6 Å². The topological polar surface area (TPSA) is 54.7 Å². The summed E-state index contributed by atoms with van der Waals surface area (Å²) < 4.78 is 0. The lowest BCUT2D eigenvalue weighted by Gasteiger charge is -2.09. The number of fused-ring (bicyclic) bond motifs is 1. The van der Waals surface area contributed by atoms with Gasteiger partial charge in [-0.3, -0.25) is 0 Å². The molecule has 0 aliphatic rings. The SMILES string of the molecule is CCCC(CN)c1nc2ccc(Cl)cc2[nH]1. The van der Waals surface area contributed by atoms with Gasteiger partial charge >= 0.3 is 0 Å². The first-order chi connectivity index (χ1) is 7.74. The minimum atomic E-state index is 0.316. The molecule has 0 fully saturated rings. The highest BCUT2D eigenvalue weighted by Gasteiger charge is 2.13. The second-order valence-corrected chi connectivity index (χ2v) is 4.44. The molecule has 1 aromatic heterocycles. The molecule has 0 radical (unpaired) electrons. The molecule has 2 aromatic rings. The van der Waals surface area contributed by atoms with Crippen molar-refractivity contribution in [1.82, 2.24) is 9.97 Å². The van der Waals surface area contributed by atoms with Crippen LogP contribution >= 0.6 is 11.6 Å². The number of halogens is 1. The van der Waals surface area contributed by atoms with Gasteiger partial charge in [-0.15, -0.1) is 0 Å². The number of nitrogens with one attached hydrogen (secondary N) is 1. The normalized spacial score (nSPS) is 13.2. The lowest BCUT2D eigenvalue weighted by Crippen LogP contribution is -2.13. The van der Waals surface area contributed by atoms with Gasteiger partial charge in [-0.05, 0) is 24.6 Å². The molecule has 3 nitrogen and oxygen atoms in total. The van der Waals surface area contributed by atoms with Crippen molar-refractivity contribution in [2.45, 2.75) is 25.7 Å². The number of rotatable bonds is 4. The number of hydrogen-bond acceptors (Lipinski definition) is 2. The summed E-state index contributed by atoms with van der Waals surface area (Å²) in [5.74, 6) is 1.29. The van der Waals surface area contributed by atoms with E-state index < -0.39 is 0 Å². The van der Waals surface area contributed by atoms with Crippen molar-refractivity contribution in [1.29, 1.82) is 0 Å². The van der Waals surface area contributed by atoms with E-state index in [0.29, 0.717) is 12.5 Å². The van der Waals surface area contributed by atoms with Gasteiger partial charge in [0.05, 0.1) is 11.0 Å². The Labute approximate surface area is 100 Å². The van der Waals surface area contributed by atoms with E-state index in [4.69, 9.17) is 17.3 Å². The van der Waals surface area contributed by atoms with Gasteiger partial charge in [0.25, 0.3) is 0 Å². The summed E-state index contributed by atoms with van der Waals surface area (Å²) in [7, 11) is 0. The van der Waals surface area contributed by atoms with Crippen molar-refractivity contribution in [3.05, 3.63) is 29.0 Å². The number of H-pyrrole nitrogens is 1. The van der Waals surface area contributed by atoms with Crippen LogP contribution in [0.3, 0.4) is 0 Å². The standard InChI is InChI=1S/C12H16ClN3/c1-2-3-8(7-14)12-15-10-5-4-9(13)6-11(10)16-12/h4-6,8H,2-3,7,14H2,1H3,(H,15,16). The van der Waals surface area contributed by atoms with Crippen LogP contribution in [0.4, 0.5) is 0 Å². The first-order valence-corrected chi connectivity index (χ1v) is 5.97. The number of nitrogens with two attached hydrogens (primary N) is 1. The molecular formula is C12H16ClN3. The Bertz CT molecular complexity index is 478. The zero-order chi connectivity index (χ0) is 11.5. The summed E-state index contributed by atoms with van der Waals surface area (Å²) in [5, 5.41) is 0.725. The van der Waals surface area contributed by atoms with Crippen molar-refractivity contribution in [2.75, 3.05) is 6.54 Å². The molecule has 0 spiro atoms. The monoisotopic (exact) mass is 237 g/mol. The van der Waals surface area contributed by atoms with E-state index in [1.807, 2.05) is 18.2 Å². The molecule has 1 atom stereocenters. The summed E-state index contributed by atoms with van der Waals surface area (Å²) in [5.41, 5.74) is 7.69. The van der Waals surface area contributed by atoms with Crippen LogP contribution in [0.2, 0.25) is 5.02 Å². The molecule has 0 aliphatic heterocycles. The smallest absolute Gasteiger partial charge is 0.111 e. The van der Waals surface area contributed by atoms with Crippen molar-refractivity contribution < 1.29 is 0 Å². The van der Waals surface area contributed by atoms with Gasteiger partial charge in [-0.1, -0.05) is 24.9 Å². The number of aromatic nitrogens is 2. The molecule has 1 heterocycles. The van der Waals surface area contributed by atoms with E-state index in [1.165, 1.54) is 0 Å². The first kappa shape index (κ1) is 11.4. The highest BCUT2D eigenvalue weighted by atomic mass is 35.5. The minimum absolute atomic E-state index is 0.316. The van der Waals surface area contributed by atoms with E-state index in [2.05, 4.69) is 16.9 Å². The molecule has 0 saturated heterocycles. The number of imidazole rings is 1. The largest absolute Gasteiger partial charge is 0.342 e. The molecule has 16 heavy (non-hydrogen) atoms. The predicted octanol–water partition coefficient (Wildman–Crippen LogP) is 3.06. The van der Waals surface area contributed by atoms with E-state index in [-0.39, 0.29) is 0 Å². The van der Waals surface area contributed by atoms with Crippen LogP contribution in [0.15, 0.2) is 18.2 Å². The van der Waals surface area contributed by atoms with Gasteiger partial charge in [0.15, 0.2) is 0 Å². The molecule has 3 N–H and O–H groups in total. The number of aromatic amines is 1. The number of benzene rings is 1. The van der Waals surface area contributed by atoms with Crippen molar-refractivity contribution in [3.63, 3.8) is 0 Å². The molecule has 2 rings (SSSR count). The van der Waals surface area contributed by atoms with Crippen molar-refractivity contribution in [3.8, 4) is 0 Å². The third kappa shape index (κ3) is 2.20. The van der Waals surface area contributed by atoms with Gasteiger partial charge < -0.3 is 10.7 Å². The summed E-state index contributed by atoms with van der Waals surface area (Å²) >= 11 is 5.93. The van der Waals surface area contributed by atoms with Gasteiger partial charge in [-0.2, -0.15) is 0 Å². The van der Waals surface area contributed by atoms with E-state index in [9.17, 15) is 0 Å². The highest BCUT2D eigenvalue weighted by molar-refractivity contribution is 6.31. The van der Waals surface area contributed by atoms with Crippen LogP contribution in [0.25, 0.3) is 11.0 Å². The zero-order valence-corrected chi connectivity index (χ0v) is 10.1. The van der Waals surface area contributed by atoms with Crippen LogP contribution in [0.1, 0.15) is 31.5 Å². The molecule has 4 heteroatoms. The fourth-order valence-electron chi connectivity index (χ4n) is 1.91.